The Labute approximate surface area is 208 Å². The lowest BCUT2D eigenvalue weighted by Crippen LogP contribution is -2.22. The molecule has 0 bridgehead atoms. The monoisotopic (exact) mass is 502 g/mol. The normalized spacial score (nSPS) is 15.7. The Morgan fingerprint density at radius 3 is 2.79 bits per heavy atom. The number of hydrogen-bond acceptors (Lipinski definition) is 7. The number of aliphatic carboxylic acids is 1. The van der Waals surface area contributed by atoms with Crippen LogP contribution < -0.4 is 4.74 Å². The highest BCUT2D eigenvalue weighted by Gasteiger charge is 2.28. The lowest BCUT2D eigenvalue weighted by molar-refractivity contribution is -0.141. The molecule has 1 fully saturated rings. The van der Waals surface area contributed by atoms with Gasteiger partial charge in [-0.1, -0.05) is 22.8 Å². The smallest absolute Gasteiger partial charge is 0.307 e. The van der Waals surface area contributed by atoms with Gasteiger partial charge in [-0.15, -0.1) is 12.4 Å². The van der Waals surface area contributed by atoms with Gasteiger partial charge >= 0.3 is 5.97 Å². The van der Waals surface area contributed by atoms with Crippen LogP contribution in [0, 0.1) is 17.2 Å². The minimum Gasteiger partial charge on any atom is -0.490 e. The summed E-state index contributed by atoms with van der Waals surface area (Å²) in [5.41, 5.74) is 2.60. The van der Waals surface area contributed by atoms with E-state index in [-0.39, 0.29) is 30.3 Å². The van der Waals surface area contributed by atoms with Crippen molar-refractivity contribution in [3.63, 3.8) is 0 Å². The molecule has 3 aromatic rings. The fraction of sp³-hybridized carbons (Fsp3) is 0.333. The number of carboxylic acids is 1. The Hall–Kier alpha value is -3.12. The SMILES string of the molecule is CC(C)Oc1ccc(-c2nc(-c3ccc(CN4CCC(C(=O)O)C4)cc3Cl)no2)cc1C#N.Cl. The molecule has 0 radical (unpaired) electrons. The van der Waals surface area contributed by atoms with Gasteiger partial charge in [-0.05, 0) is 62.7 Å². The summed E-state index contributed by atoms with van der Waals surface area (Å²) in [5.74, 6) is 0.0549. The van der Waals surface area contributed by atoms with Crippen molar-refractivity contribution in [1.82, 2.24) is 15.0 Å². The largest absolute Gasteiger partial charge is 0.490 e. The van der Waals surface area contributed by atoms with E-state index in [0.29, 0.717) is 52.8 Å². The molecule has 34 heavy (non-hydrogen) atoms. The first-order chi connectivity index (χ1) is 15.8. The molecule has 1 aliphatic rings. The van der Waals surface area contributed by atoms with E-state index in [1.807, 2.05) is 32.0 Å². The quantitative estimate of drug-likeness (QED) is 0.477. The van der Waals surface area contributed by atoms with Crippen molar-refractivity contribution in [2.45, 2.75) is 32.9 Å². The molecule has 0 aliphatic carbocycles. The molecule has 0 amide bonds. The number of hydrogen-bond donors (Lipinski definition) is 1. The number of rotatable bonds is 7. The Kier molecular flexibility index (Phi) is 8.15. The molecule has 0 saturated carbocycles. The first-order valence-corrected chi connectivity index (χ1v) is 11.0. The van der Waals surface area contributed by atoms with Gasteiger partial charge < -0.3 is 14.4 Å². The van der Waals surface area contributed by atoms with Crippen LogP contribution in [0.2, 0.25) is 5.02 Å². The zero-order valence-corrected chi connectivity index (χ0v) is 20.3. The van der Waals surface area contributed by atoms with Gasteiger partial charge in [0.1, 0.15) is 11.8 Å². The van der Waals surface area contributed by atoms with E-state index in [2.05, 4.69) is 21.1 Å². The average Bonchev–Trinajstić information content (AvgIpc) is 3.44. The number of nitriles is 1. The average molecular weight is 503 g/mol. The maximum Gasteiger partial charge on any atom is 0.307 e. The first-order valence-electron chi connectivity index (χ1n) is 10.6. The molecule has 0 spiro atoms. The van der Waals surface area contributed by atoms with Crippen LogP contribution in [0.3, 0.4) is 0 Å². The van der Waals surface area contributed by atoms with E-state index in [0.717, 1.165) is 12.1 Å². The summed E-state index contributed by atoms with van der Waals surface area (Å²) >= 11 is 6.51. The van der Waals surface area contributed by atoms with Crippen molar-refractivity contribution in [2.75, 3.05) is 13.1 Å². The molecule has 2 heterocycles. The molecular weight excluding hydrogens is 479 g/mol. The number of carboxylic acid groups (broad SMARTS) is 1. The summed E-state index contributed by atoms with van der Waals surface area (Å²) in [6.07, 6.45) is 0.609. The summed E-state index contributed by atoms with van der Waals surface area (Å²) < 4.78 is 11.1. The zero-order valence-electron chi connectivity index (χ0n) is 18.7. The highest BCUT2D eigenvalue weighted by atomic mass is 35.5. The third-order valence-corrected chi connectivity index (χ3v) is 5.75. The second kappa shape index (κ2) is 10.9. The fourth-order valence-corrected chi connectivity index (χ4v) is 4.12. The highest BCUT2D eigenvalue weighted by molar-refractivity contribution is 6.33. The summed E-state index contributed by atoms with van der Waals surface area (Å²) in [4.78, 5) is 17.7. The third-order valence-electron chi connectivity index (χ3n) is 5.44. The lowest BCUT2D eigenvalue weighted by Gasteiger charge is -2.15. The topological polar surface area (TPSA) is 112 Å². The Bertz CT molecular complexity index is 1220. The maximum absolute atomic E-state index is 11.2. The number of ether oxygens (including phenoxy) is 1. The second-order valence-corrected chi connectivity index (χ2v) is 8.69. The van der Waals surface area contributed by atoms with Gasteiger partial charge in [0.05, 0.1) is 22.6 Å². The van der Waals surface area contributed by atoms with Gasteiger partial charge in [-0.25, -0.2) is 0 Å². The molecule has 1 aliphatic heterocycles. The Balaban J connectivity index is 0.00000324. The molecular formula is C24H24Cl2N4O4. The predicted octanol–water partition coefficient (Wildman–Crippen LogP) is 5.04. The Morgan fingerprint density at radius 1 is 1.35 bits per heavy atom. The van der Waals surface area contributed by atoms with Gasteiger partial charge in [-0.2, -0.15) is 10.2 Å². The zero-order chi connectivity index (χ0) is 23.5. The number of benzene rings is 2. The van der Waals surface area contributed by atoms with Crippen LogP contribution in [-0.4, -0.2) is 45.3 Å². The summed E-state index contributed by atoms with van der Waals surface area (Å²) in [5, 5.41) is 23.1. The molecule has 1 aromatic heterocycles. The Morgan fingerprint density at radius 2 is 2.15 bits per heavy atom. The van der Waals surface area contributed by atoms with Gasteiger partial charge in [0.2, 0.25) is 5.82 Å². The van der Waals surface area contributed by atoms with Crippen molar-refractivity contribution in [3.8, 4) is 34.7 Å². The molecule has 2 aromatic carbocycles. The van der Waals surface area contributed by atoms with E-state index < -0.39 is 5.97 Å². The minimum atomic E-state index is -0.747. The summed E-state index contributed by atoms with van der Waals surface area (Å²) in [6.45, 7) is 5.70. The first kappa shape index (κ1) is 25.5. The number of halogens is 2. The third kappa shape index (κ3) is 5.68. The van der Waals surface area contributed by atoms with E-state index in [4.69, 9.17) is 20.9 Å². The molecule has 4 rings (SSSR count). The van der Waals surface area contributed by atoms with Crippen LogP contribution in [0.1, 0.15) is 31.4 Å². The van der Waals surface area contributed by atoms with Gasteiger partial charge in [-0.3, -0.25) is 9.69 Å². The standard InChI is InChI=1S/C24H23ClN4O4.ClH/c1-14(2)32-21-6-4-16(10-18(21)11-26)23-27-22(28-33-23)19-5-3-15(9-20(19)25)12-29-8-7-17(13-29)24(30)31;/h3-6,9-10,14,17H,7-8,12-13H2,1-2H3,(H,30,31);1H. The van der Waals surface area contributed by atoms with Crippen molar-refractivity contribution < 1.29 is 19.2 Å². The number of aromatic nitrogens is 2. The summed E-state index contributed by atoms with van der Waals surface area (Å²) in [6, 6.07) is 12.9. The predicted molar refractivity (Wildman–Crippen MR) is 129 cm³/mol. The van der Waals surface area contributed by atoms with Crippen LogP contribution in [-0.2, 0) is 11.3 Å². The number of likely N-dealkylation sites (tertiary alicyclic amines) is 1. The van der Waals surface area contributed by atoms with E-state index >= 15 is 0 Å². The number of carbonyl (C=O) groups is 1. The molecule has 8 nitrogen and oxygen atoms in total. The van der Waals surface area contributed by atoms with Gasteiger partial charge in [0, 0.05) is 24.2 Å². The summed E-state index contributed by atoms with van der Waals surface area (Å²) in [7, 11) is 0. The van der Waals surface area contributed by atoms with Crippen molar-refractivity contribution in [1.29, 1.82) is 5.26 Å². The van der Waals surface area contributed by atoms with Crippen LogP contribution in [0.25, 0.3) is 22.8 Å². The van der Waals surface area contributed by atoms with Crippen LogP contribution >= 0.6 is 24.0 Å². The van der Waals surface area contributed by atoms with Crippen LogP contribution in [0.5, 0.6) is 5.75 Å². The number of nitrogens with zero attached hydrogens (tertiary/aromatic N) is 4. The maximum atomic E-state index is 11.2. The molecule has 178 valence electrons. The van der Waals surface area contributed by atoms with Crippen LogP contribution in [0.15, 0.2) is 40.9 Å². The minimum absolute atomic E-state index is 0. The molecule has 1 unspecified atom stereocenters. The van der Waals surface area contributed by atoms with E-state index in [9.17, 15) is 15.2 Å². The van der Waals surface area contributed by atoms with E-state index in [1.165, 1.54) is 0 Å². The lowest BCUT2D eigenvalue weighted by atomic mass is 10.1. The van der Waals surface area contributed by atoms with Gasteiger partial charge in [0.25, 0.3) is 5.89 Å². The fourth-order valence-electron chi connectivity index (χ4n) is 3.83. The van der Waals surface area contributed by atoms with Crippen molar-refractivity contribution in [2.24, 2.45) is 5.92 Å². The van der Waals surface area contributed by atoms with Crippen molar-refractivity contribution >= 4 is 30.0 Å². The molecule has 1 atom stereocenters. The van der Waals surface area contributed by atoms with Gasteiger partial charge in [0.15, 0.2) is 0 Å². The highest BCUT2D eigenvalue weighted by Crippen LogP contribution is 2.31. The second-order valence-electron chi connectivity index (χ2n) is 8.29. The van der Waals surface area contributed by atoms with Crippen molar-refractivity contribution in [3.05, 3.63) is 52.5 Å². The molecule has 10 heteroatoms. The molecule has 1 N–H and O–H groups in total. The van der Waals surface area contributed by atoms with Crippen LogP contribution in [0.4, 0.5) is 0 Å². The van der Waals surface area contributed by atoms with E-state index in [1.54, 1.807) is 18.2 Å². The molecule has 1 saturated heterocycles.